The van der Waals surface area contributed by atoms with Gasteiger partial charge in [-0.3, -0.25) is 0 Å². The van der Waals surface area contributed by atoms with E-state index in [4.69, 9.17) is 4.74 Å². The minimum Gasteiger partial charge on any atom is -0.496 e. The Morgan fingerprint density at radius 3 is 2.71 bits per heavy atom. The SMILES string of the molecule is CNC(CC1CCC1)c1cc(C)ccc1OC. The predicted octanol–water partition coefficient (Wildman–Crippen LogP) is 3.45. The molecule has 94 valence electrons. The number of ether oxygens (including phenoxy) is 1. The first-order valence-corrected chi connectivity index (χ1v) is 6.56. The Labute approximate surface area is 104 Å². The zero-order chi connectivity index (χ0) is 12.3. The first-order valence-electron chi connectivity index (χ1n) is 6.56. The van der Waals surface area contributed by atoms with Crippen LogP contribution in [0.1, 0.15) is 42.9 Å². The minimum atomic E-state index is 0.426. The van der Waals surface area contributed by atoms with Crippen LogP contribution in [-0.4, -0.2) is 14.2 Å². The average molecular weight is 233 g/mol. The van der Waals surface area contributed by atoms with Crippen molar-refractivity contribution in [3.05, 3.63) is 29.3 Å². The Kier molecular flexibility index (Phi) is 4.06. The van der Waals surface area contributed by atoms with E-state index < -0.39 is 0 Å². The number of aryl methyl sites for hydroxylation is 1. The van der Waals surface area contributed by atoms with Crippen molar-refractivity contribution < 1.29 is 4.74 Å². The van der Waals surface area contributed by atoms with Gasteiger partial charge in [0.1, 0.15) is 5.75 Å². The smallest absolute Gasteiger partial charge is 0.123 e. The second kappa shape index (κ2) is 5.54. The van der Waals surface area contributed by atoms with Crippen LogP contribution in [-0.2, 0) is 0 Å². The highest BCUT2D eigenvalue weighted by molar-refractivity contribution is 5.39. The van der Waals surface area contributed by atoms with Gasteiger partial charge in [-0.15, -0.1) is 0 Å². The molecule has 1 atom stereocenters. The summed E-state index contributed by atoms with van der Waals surface area (Å²) in [4.78, 5) is 0. The highest BCUT2D eigenvalue weighted by atomic mass is 16.5. The van der Waals surface area contributed by atoms with Crippen LogP contribution >= 0.6 is 0 Å². The van der Waals surface area contributed by atoms with E-state index in [0.29, 0.717) is 6.04 Å². The molecule has 0 aromatic heterocycles. The summed E-state index contributed by atoms with van der Waals surface area (Å²) in [6, 6.07) is 6.86. The quantitative estimate of drug-likeness (QED) is 0.841. The molecule has 0 radical (unpaired) electrons. The third kappa shape index (κ3) is 2.81. The second-order valence-corrected chi connectivity index (χ2v) is 5.12. The summed E-state index contributed by atoms with van der Waals surface area (Å²) >= 11 is 0. The highest BCUT2D eigenvalue weighted by Crippen LogP contribution is 2.37. The van der Waals surface area contributed by atoms with Crippen LogP contribution in [0.15, 0.2) is 18.2 Å². The summed E-state index contributed by atoms with van der Waals surface area (Å²) in [6.45, 7) is 2.14. The van der Waals surface area contributed by atoms with Gasteiger partial charge in [0.15, 0.2) is 0 Å². The van der Waals surface area contributed by atoms with Crippen LogP contribution < -0.4 is 10.1 Å². The number of benzene rings is 1. The fourth-order valence-corrected chi connectivity index (χ4v) is 2.59. The Balaban J connectivity index is 2.18. The Morgan fingerprint density at radius 2 is 2.18 bits per heavy atom. The third-order valence-electron chi connectivity index (χ3n) is 3.90. The molecule has 0 aliphatic heterocycles. The topological polar surface area (TPSA) is 21.3 Å². The van der Waals surface area contributed by atoms with Crippen molar-refractivity contribution in [1.29, 1.82) is 0 Å². The van der Waals surface area contributed by atoms with Gasteiger partial charge in [-0.2, -0.15) is 0 Å². The molecule has 1 N–H and O–H groups in total. The van der Waals surface area contributed by atoms with E-state index in [0.717, 1.165) is 11.7 Å². The maximum atomic E-state index is 5.48. The molecular weight excluding hydrogens is 210 g/mol. The molecule has 2 rings (SSSR count). The van der Waals surface area contributed by atoms with Crippen molar-refractivity contribution in [3.63, 3.8) is 0 Å². The summed E-state index contributed by atoms with van der Waals surface area (Å²) in [5.41, 5.74) is 2.61. The molecule has 0 spiro atoms. The summed E-state index contributed by atoms with van der Waals surface area (Å²) in [5, 5.41) is 3.44. The fraction of sp³-hybridized carbons (Fsp3) is 0.600. The van der Waals surface area contributed by atoms with Crippen molar-refractivity contribution in [3.8, 4) is 5.75 Å². The zero-order valence-corrected chi connectivity index (χ0v) is 11.1. The molecule has 2 heteroatoms. The number of rotatable bonds is 5. The molecule has 0 saturated heterocycles. The second-order valence-electron chi connectivity index (χ2n) is 5.12. The van der Waals surface area contributed by atoms with Gasteiger partial charge in [-0.25, -0.2) is 0 Å². The summed E-state index contributed by atoms with van der Waals surface area (Å²) in [7, 11) is 3.80. The summed E-state index contributed by atoms with van der Waals surface area (Å²) in [5.74, 6) is 1.91. The minimum absolute atomic E-state index is 0.426. The van der Waals surface area contributed by atoms with E-state index in [1.807, 2.05) is 7.05 Å². The van der Waals surface area contributed by atoms with E-state index in [1.54, 1.807) is 7.11 Å². The van der Waals surface area contributed by atoms with Crippen LogP contribution in [0.4, 0.5) is 0 Å². The molecular formula is C15H23NO. The molecule has 1 unspecified atom stereocenters. The molecule has 1 aromatic rings. The summed E-state index contributed by atoms with van der Waals surface area (Å²) in [6.07, 6.45) is 5.43. The lowest BCUT2D eigenvalue weighted by atomic mass is 9.79. The van der Waals surface area contributed by atoms with E-state index in [2.05, 4.69) is 30.4 Å². The molecule has 0 heterocycles. The van der Waals surface area contributed by atoms with Crippen molar-refractivity contribution in [2.45, 2.75) is 38.6 Å². The van der Waals surface area contributed by atoms with Crippen LogP contribution in [0.25, 0.3) is 0 Å². The van der Waals surface area contributed by atoms with Crippen LogP contribution in [0.5, 0.6) is 5.75 Å². The molecule has 1 saturated carbocycles. The van der Waals surface area contributed by atoms with Gasteiger partial charge in [0.2, 0.25) is 0 Å². The Morgan fingerprint density at radius 1 is 1.41 bits per heavy atom. The van der Waals surface area contributed by atoms with Gasteiger partial charge in [0, 0.05) is 11.6 Å². The van der Waals surface area contributed by atoms with E-state index >= 15 is 0 Å². The number of methoxy groups -OCH3 is 1. The first-order chi connectivity index (χ1) is 8.24. The molecule has 1 aromatic carbocycles. The molecule has 0 amide bonds. The van der Waals surface area contributed by atoms with Crippen molar-refractivity contribution >= 4 is 0 Å². The molecule has 1 fully saturated rings. The van der Waals surface area contributed by atoms with E-state index in [-0.39, 0.29) is 0 Å². The molecule has 1 aliphatic carbocycles. The Hall–Kier alpha value is -1.02. The standard InChI is InChI=1S/C15H23NO/c1-11-7-8-15(17-3)13(9-11)14(16-2)10-12-5-4-6-12/h7-9,12,14,16H,4-6,10H2,1-3H3. The number of hydrogen-bond donors (Lipinski definition) is 1. The van der Waals surface area contributed by atoms with Gasteiger partial charge in [-0.05, 0) is 32.4 Å². The summed E-state index contributed by atoms with van der Waals surface area (Å²) < 4.78 is 5.48. The lowest BCUT2D eigenvalue weighted by molar-refractivity contribution is 0.263. The van der Waals surface area contributed by atoms with Crippen LogP contribution in [0.2, 0.25) is 0 Å². The number of hydrogen-bond acceptors (Lipinski definition) is 2. The highest BCUT2D eigenvalue weighted by Gasteiger charge is 2.23. The fourth-order valence-electron chi connectivity index (χ4n) is 2.59. The van der Waals surface area contributed by atoms with Gasteiger partial charge in [-0.1, -0.05) is 37.0 Å². The number of nitrogens with one attached hydrogen (secondary N) is 1. The molecule has 0 bridgehead atoms. The van der Waals surface area contributed by atoms with Gasteiger partial charge < -0.3 is 10.1 Å². The lowest BCUT2D eigenvalue weighted by Gasteiger charge is -2.30. The maximum Gasteiger partial charge on any atom is 0.123 e. The average Bonchev–Trinajstić information content (AvgIpc) is 2.28. The molecule has 1 aliphatic rings. The normalized spacial score (nSPS) is 17.6. The molecule has 17 heavy (non-hydrogen) atoms. The van der Waals surface area contributed by atoms with Gasteiger partial charge >= 0.3 is 0 Å². The van der Waals surface area contributed by atoms with Gasteiger partial charge in [0.05, 0.1) is 7.11 Å². The predicted molar refractivity (Wildman–Crippen MR) is 71.5 cm³/mol. The van der Waals surface area contributed by atoms with Crippen LogP contribution in [0, 0.1) is 12.8 Å². The zero-order valence-electron chi connectivity index (χ0n) is 11.1. The third-order valence-corrected chi connectivity index (χ3v) is 3.90. The van der Waals surface area contributed by atoms with Crippen LogP contribution in [0.3, 0.4) is 0 Å². The monoisotopic (exact) mass is 233 g/mol. The maximum absolute atomic E-state index is 5.48. The molecule has 2 nitrogen and oxygen atoms in total. The van der Waals surface area contributed by atoms with Crippen molar-refractivity contribution in [2.24, 2.45) is 5.92 Å². The lowest BCUT2D eigenvalue weighted by Crippen LogP contribution is -2.23. The van der Waals surface area contributed by atoms with E-state index in [1.165, 1.54) is 36.8 Å². The first kappa shape index (κ1) is 12.4. The largest absolute Gasteiger partial charge is 0.496 e. The Bertz CT molecular complexity index is 371. The van der Waals surface area contributed by atoms with Crippen molar-refractivity contribution in [2.75, 3.05) is 14.2 Å². The van der Waals surface area contributed by atoms with E-state index in [9.17, 15) is 0 Å². The van der Waals surface area contributed by atoms with Gasteiger partial charge in [0.25, 0.3) is 0 Å². The van der Waals surface area contributed by atoms with Crippen molar-refractivity contribution in [1.82, 2.24) is 5.32 Å².